The van der Waals surface area contributed by atoms with Gasteiger partial charge in [-0.15, -0.1) is 0 Å². The Labute approximate surface area is 104 Å². The van der Waals surface area contributed by atoms with E-state index in [-0.39, 0.29) is 31.8 Å². The first-order chi connectivity index (χ1) is 8.21. The average molecular weight is 268 g/mol. The SMILES string of the molecule is CC[C@H](N)C(=O)N1CCCC(O)(C(F)(F)F)CC1. The Morgan fingerprint density at radius 2 is 2.06 bits per heavy atom. The van der Waals surface area contributed by atoms with E-state index in [1.807, 2.05) is 0 Å². The number of nitrogens with zero attached hydrogens (tertiary/aromatic N) is 1. The highest BCUT2D eigenvalue weighted by Gasteiger charge is 2.53. The summed E-state index contributed by atoms with van der Waals surface area (Å²) in [6.45, 7) is 1.85. The Hall–Kier alpha value is -0.820. The normalized spacial score (nSPS) is 27.8. The van der Waals surface area contributed by atoms with Crippen molar-refractivity contribution in [3.8, 4) is 0 Å². The van der Waals surface area contributed by atoms with Crippen molar-refractivity contribution in [1.82, 2.24) is 4.90 Å². The number of carbonyl (C=O) groups excluding carboxylic acids is 1. The number of halogens is 3. The van der Waals surface area contributed by atoms with Gasteiger partial charge in [0.15, 0.2) is 5.60 Å². The number of hydrogen-bond donors (Lipinski definition) is 2. The largest absolute Gasteiger partial charge is 0.417 e. The van der Waals surface area contributed by atoms with E-state index in [0.717, 1.165) is 0 Å². The van der Waals surface area contributed by atoms with Gasteiger partial charge in [-0.3, -0.25) is 4.79 Å². The van der Waals surface area contributed by atoms with Crippen molar-refractivity contribution >= 4 is 5.91 Å². The summed E-state index contributed by atoms with van der Waals surface area (Å²) in [6, 6.07) is -0.679. The lowest BCUT2D eigenvalue weighted by Gasteiger charge is -2.29. The van der Waals surface area contributed by atoms with Crippen LogP contribution < -0.4 is 5.73 Å². The first kappa shape index (κ1) is 15.2. The molecule has 18 heavy (non-hydrogen) atoms. The molecule has 1 rings (SSSR count). The number of amides is 1. The summed E-state index contributed by atoms with van der Waals surface area (Å²) in [5.41, 5.74) is 2.89. The molecule has 0 aromatic rings. The highest BCUT2D eigenvalue weighted by Crippen LogP contribution is 2.38. The molecule has 0 saturated carbocycles. The first-order valence-corrected chi connectivity index (χ1v) is 6.05. The second-order valence-electron chi connectivity index (χ2n) is 4.72. The molecule has 0 bridgehead atoms. The van der Waals surface area contributed by atoms with Crippen molar-refractivity contribution in [2.75, 3.05) is 13.1 Å². The smallest absolute Gasteiger partial charge is 0.380 e. The Balaban J connectivity index is 2.70. The van der Waals surface area contributed by atoms with Crippen molar-refractivity contribution in [3.63, 3.8) is 0 Å². The monoisotopic (exact) mass is 268 g/mol. The zero-order valence-corrected chi connectivity index (χ0v) is 10.3. The van der Waals surface area contributed by atoms with E-state index >= 15 is 0 Å². The van der Waals surface area contributed by atoms with Gasteiger partial charge in [-0.1, -0.05) is 6.92 Å². The summed E-state index contributed by atoms with van der Waals surface area (Å²) in [6.07, 6.45) is -4.95. The molecular formula is C11H19F3N2O2. The number of alkyl halides is 3. The topological polar surface area (TPSA) is 66.6 Å². The van der Waals surface area contributed by atoms with Crippen molar-refractivity contribution in [3.05, 3.63) is 0 Å². The molecule has 1 aliphatic rings. The van der Waals surface area contributed by atoms with Crippen LogP contribution in [0.3, 0.4) is 0 Å². The van der Waals surface area contributed by atoms with Gasteiger partial charge in [0.25, 0.3) is 0 Å². The van der Waals surface area contributed by atoms with Crippen molar-refractivity contribution in [2.45, 2.75) is 50.4 Å². The van der Waals surface area contributed by atoms with E-state index in [2.05, 4.69) is 0 Å². The van der Waals surface area contributed by atoms with Gasteiger partial charge in [-0.2, -0.15) is 13.2 Å². The zero-order valence-electron chi connectivity index (χ0n) is 10.3. The Morgan fingerprint density at radius 1 is 1.44 bits per heavy atom. The van der Waals surface area contributed by atoms with Gasteiger partial charge in [0.2, 0.25) is 5.91 Å². The summed E-state index contributed by atoms with van der Waals surface area (Å²) < 4.78 is 38.0. The first-order valence-electron chi connectivity index (χ1n) is 6.05. The van der Waals surface area contributed by atoms with Crippen LogP contribution in [-0.2, 0) is 4.79 Å². The lowest BCUT2D eigenvalue weighted by molar-refractivity contribution is -0.263. The maximum absolute atomic E-state index is 12.7. The predicted molar refractivity (Wildman–Crippen MR) is 59.7 cm³/mol. The van der Waals surface area contributed by atoms with E-state index in [1.54, 1.807) is 6.92 Å². The third-order valence-corrected chi connectivity index (χ3v) is 3.41. The second-order valence-corrected chi connectivity index (χ2v) is 4.72. The van der Waals surface area contributed by atoms with Crippen LogP contribution in [-0.4, -0.2) is 46.8 Å². The molecular weight excluding hydrogens is 249 g/mol. The molecule has 0 radical (unpaired) electrons. The fourth-order valence-electron chi connectivity index (χ4n) is 2.03. The minimum Gasteiger partial charge on any atom is -0.380 e. The van der Waals surface area contributed by atoms with Crippen LogP contribution in [0.2, 0.25) is 0 Å². The molecule has 2 atom stereocenters. The van der Waals surface area contributed by atoms with Crippen LogP contribution >= 0.6 is 0 Å². The molecule has 1 amide bonds. The lowest BCUT2D eigenvalue weighted by atomic mass is 9.94. The maximum Gasteiger partial charge on any atom is 0.417 e. The predicted octanol–water partition coefficient (Wildman–Crippen LogP) is 1.03. The Bertz CT molecular complexity index is 309. The van der Waals surface area contributed by atoms with Gasteiger partial charge < -0.3 is 15.7 Å². The number of rotatable bonds is 2. The quantitative estimate of drug-likeness (QED) is 0.786. The fraction of sp³-hybridized carbons (Fsp3) is 0.909. The molecule has 106 valence electrons. The zero-order chi connectivity index (χ0) is 14.0. The summed E-state index contributed by atoms with van der Waals surface area (Å²) in [7, 11) is 0. The number of aliphatic hydroxyl groups is 1. The second kappa shape index (κ2) is 5.44. The van der Waals surface area contributed by atoms with Gasteiger partial charge in [-0.05, 0) is 19.3 Å². The van der Waals surface area contributed by atoms with Crippen molar-refractivity contribution in [1.29, 1.82) is 0 Å². The van der Waals surface area contributed by atoms with Crippen LogP contribution in [0.1, 0.15) is 32.6 Å². The highest BCUT2D eigenvalue weighted by atomic mass is 19.4. The van der Waals surface area contributed by atoms with Crippen LogP contribution in [0.15, 0.2) is 0 Å². The van der Waals surface area contributed by atoms with Crippen LogP contribution in [0, 0.1) is 0 Å². The molecule has 3 N–H and O–H groups in total. The van der Waals surface area contributed by atoms with Gasteiger partial charge in [0.1, 0.15) is 0 Å². The molecule has 0 spiro atoms. The van der Waals surface area contributed by atoms with Gasteiger partial charge in [0.05, 0.1) is 6.04 Å². The number of hydrogen-bond acceptors (Lipinski definition) is 3. The van der Waals surface area contributed by atoms with E-state index in [0.29, 0.717) is 6.42 Å². The molecule has 1 fully saturated rings. The average Bonchev–Trinajstić information content (AvgIpc) is 2.49. The highest BCUT2D eigenvalue weighted by molar-refractivity contribution is 5.81. The van der Waals surface area contributed by atoms with Crippen molar-refractivity contribution < 1.29 is 23.1 Å². The standard InChI is InChI=1S/C11H19F3N2O2/c1-2-8(15)9(17)16-6-3-4-10(18,5-7-16)11(12,13)14/h8,18H,2-7,15H2,1H3/t8-,10?/m0/s1. The van der Waals surface area contributed by atoms with Gasteiger partial charge in [-0.25, -0.2) is 0 Å². The summed E-state index contributed by atoms with van der Waals surface area (Å²) in [5.74, 6) is -0.344. The molecule has 1 saturated heterocycles. The third-order valence-electron chi connectivity index (χ3n) is 3.41. The number of carbonyl (C=O) groups is 1. The van der Waals surface area contributed by atoms with Crippen molar-refractivity contribution in [2.24, 2.45) is 5.73 Å². The maximum atomic E-state index is 12.7. The van der Waals surface area contributed by atoms with Crippen LogP contribution in [0.5, 0.6) is 0 Å². The number of nitrogens with two attached hydrogens (primary N) is 1. The Morgan fingerprint density at radius 3 is 2.56 bits per heavy atom. The Kier molecular flexibility index (Phi) is 4.61. The van der Waals surface area contributed by atoms with E-state index in [9.17, 15) is 23.1 Å². The van der Waals surface area contributed by atoms with Crippen LogP contribution in [0.4, 0.5) is 13.2 Å². The number of likely N-dealkylation sites (tertiary alicyclic amines) is 1. The van der Waals surface area contributed by atoms with E-state index < -0.39 is 24.2 Å². The van der Waals surface area contributed by atoms with E-state index in [4.69, 9.17) is 5.73 Å². The molecule has 4 nitrogen and oxygen atoms in total. The van der Waals surface area contributed by atoms with E-state index in [1.165, 1.54) is 4.90 Å². The lowest BCUT2D eigenvalue weighted by Crippen LogP contribution is -2.47. The molecule has 7 heteroatoms. The minimum absolute atomic E-state index is 0.109. The minimum atomic E-state index is -4.65. The fourth-order valence-corrected chi connectivity index (χ4v) is 2.03. The molecule has 1 unspecified atom stereocenters. The van der Waals surface area contributed by atoms with Gasteiger partial charge in [0, 0.05) is 19.5 Å². The summed E-state index contributed by atoms with van der Waals surface area (Å²) in [4.78, 5) is 13.1. The summed E-state index contributed by atoms with van der Waals surface area (Å²) in [5, 5.41) is 9.59. The molecule has 1 heterocycles. The van der Waals surface area contributed by atoms with Gasteiger partial charge >= 0.3 is 6.18 Å². The molecule has 0 aromatic carbocycles. The molecule has 0 aliphatic carbocycles. The summed E-state index contributed by atoms with van der Waals surface area (Å²) >= 11 is 0. The molecule has 1 aliphatic heterocycles. The third kappa shape index (κ3) is 3.14. The van der Waals surface area contributed by atoms with Crippen LogP contribution in [0.25, 0.3) is 0 Å². The molecule has 0 aromatic heterocycles.